The highest BCUT2D eigenvalue weighted by atomic mass is 32.2. The lowest BCUT2D eigenvalue weighted by Crippen LogP contribution is -2.47. The second-order valence-electron chi connectivity index (χ2n) is 6.25. The summed E-state index contributed by atoms with van der Waals surface area (Å²) in [5, 5.41) is 4.21. The number of rotatable bonds is 3. The lowest BCUT2D eigenvalue weighted by atomic mass is 10.0. The molecule has 2 bridgehead atoms. The van der Waals surface area contributed by atoms with Crippen LogP contribution in [0.5, 0.6) is 0 Å². The van der Waals surface area contributed by atoms with Crippen LogP contribution < -0.4 is 10.0 Å². The van der Waals surface area contributed by atoms with E-state index >= 15 is 0 Å². The Morgan fingerprint density at radius 2 is 1.86 bits per heavy atom. The third-order valence-corrected chi connectivity index (χ3v) is 6.27. The van der Waals surface area contributed by atoms with Crippen molar-refractivity contribution in [1.29, 1.82) is 0 Å². The number of hydrogen-bond acceptors (Lipinski definition) is 4. The molecular weight excluding hydrogens is 298 g/mol. The van der Waals surface area contributed by atoms with E-state index in [2.05, 4.69) is 15.0 Å². The van der Waals surface area contributed by atoms with Crippen molar-refractivity contribution >= 4 is 20.9 Å². The molecule has 2 saturated heterocycles. The second kappa shape index (κ2) is 5.30. The lowest BCUT2D eigenvalue weighted by molar-refractivity contribution is 0.345. The van der Waals surface area contributed by atoms with E-state index in [0.717, 1.165) is 25.7 Å². The van der Waals surface area contributed by atoms with Crippen LogP contribution in [0, 0.1) is 0 Å². The van der Waals surface area contributed by atoms with Gasteiger partial charge < -0.3 is 5.32 Å². The predicted octanol–water partition coefficient (Wildman–Crippen LogP) is 1.80. The number of piperidine rings is 1. The normalized spacial score (nSPS) is 28.1. The molecule has 116 valence electrons. The SMILES string of the molecule is O=S(=O)(NC1CC2CCC(C1)N2)c1cccc2ncccc12. The first kappa shape index (κ1) is 14.1. The van der Waals surface area contributed by atoms with Crippen molar-refractivity contribution in [3.05, 3.63) is 36.5 Å². The van der Waals surface area contributed by atoms with E-state index in [1.165, 1.54) is 0 Å². The number of aromatic nitrogens is 1. The molecule has 2 N–H and O–H groups in total. The molecule has 6 heteroatoms. The molecule has 1 aromatic heterocycles. The van der Waals surface area contributed by atoms with Gasteiger partial charge in [-0.25, -0.2) is 13.1 Å². The molecule has 22 heavy (non-hydrogen) atoms. The maximum Gasteiger partial charge on any atom is 0.241 e. The third kappa shape index (κ3) is 2.51. The number of pyridine rings is 1. The van der Waals surface area contributed by atoms with E-state index in [0.29, 0.717) is 27.9 Å². The Bertz CT molecular complexity index is 789. The Kier molecular flexibility index (Phi) is 3.40. The summed E-state index contributed by atoms with van der Waals surface area (Å²) in [6, 6.07) is 9.75. The van der Waals surface area contributed by atoms with Crippen molar-refractivity contribution in [3.8, 4) is 0 Å². The van der Waals surface area contributed by atoms with Gasteiger partial charge in [-0.1, -0.05) is 6.07 Å². The molecule has 2 aliphatic heterocycles. The van der Waals surface area contributed by atoms with Gasteiger partial charge in [0, 0.05) is 29.7 Å². The minimum atomic E-state index is -3.52. The van der Waals surface area contributed by atoms with Crippen molar-refractivity contribution in [1.82, 2.24) is 15.0 Å². The van der Waals surface area contributed by atoms with E-state index in [-0.39, 0.29) is 6.04 Å². The van der Waals surface area contributed by atoms with Crippen molar-refractivity contribution in [2.24, 2.45) is 0 Å². The van der Waals surface area contributed by atoms with Crippen LogP contribution in [0.25, 0.3) is 10.9 Å². The van der Waals surface area contributed by atoms with E-state index in [1.54, 1.807) is 24.4 Å². The zero-order chi connectivity index (χ0) is 15.2. The highest BCUT2D eigenvalue weighted by molar-refractivity contribution is 7.89. The zero-order valence-electron chi connectivity index (χ0n) is 12.2. The monoisotopic (exact) mass is 317 g/mol. The van der Waals surface area contributed by atoms with Crippen LogP contribution in [0.2, 0.25) is 0 Å². The van der Waals surface area contributed by atoms with Gasteiger partial charge in [-0.05, 0) is 49.9 Å². The van der Waals surface area contributed by atoms with E-state index in [1.807, 2.05) is 12.1 Å². The maximum absolute atomic E-state index is 12.8. The quantitative estimate of drug-likeness (QED) is 0.905. The summed E-state index contributed by atoms with van der Waals surface area (Å²) in [7, 11) is -3.52. The molecule has 2 atom stereocenters. The Morgan fingerprint density at radius 3 is 2.64 bits per heavy atom. The molecule has 4 rings (SSSR count). The van der Waals surface area contributed by atoms with Crippen LogP contribution in [0.15, 0.2) is 41.4 Å². The molecule has 0 radical (unpaired) electrons. The van der Waals surface area contributed by atoms with Gasteiger partial charge >= 0.3 is 0 Å². The molecule has 0 amide bonds. The summed E-state index contributed by atoms with van der Waals surface area (Å²) in [5.74, 6) is 0. The largest absolute Gasteiger partial charge is 0.311 e. The summed E-state index contributed by atoms with van der Waals surface area (Å²) >= 11 is 0. The lowest BCUT2D eigenvalue weighted by Gasteiger charge is -2.29. The molecule has 1 aromatic carbocycles. The van der Waals surface area contributed by atoms with Crippen LogP contribution in [-0.2, 0) is 10.0 Å². The van der Waals surface area contributed by atoms with Crippen molar-refractivity contribution in [2.45, 2.75) is 48.7 Å². The van der Waals surface area contributed by atoms with Crippen LogP contribution >= 0.6 is 0 Å². The van der Waals surface area contributed by atoms with Gasteiger partial charge in [-0.2, -0.15) is 0 Å². The van der Waals surface area contributed by atoms with E-state index < -0.39 is 10.0 Å². The molecule has 2 unspecified atom stereocenters. The number of nitrogens with zero attached hydrogens (tertiary/aromatic N) is 1. The number of sulfonamides is 1. The molecule has 0 saturated carbocycles. The fraction of sp³-hybridized carbons (Fsp3) is 0.438. The van der Waals surface area contributed by atoms with Gasteiger partial charge in [-0.15, -0.1) is 0 Å². The van der Waals surface area contributed by atoms with Gasteiger partial charge in [0.2, 0.25) is 10.0 Å². The first-order valence-corrected chi connectivity index (χ1v) is 9.22. The Balaban J connectivity index is 1.65. The Hall–Kier alpha value is -1.50. The second-order valence-corrected chi connectivity index (χ2v) is 7.94. The summed E-state index contributed by atoms with van der Waals surface area (Å²) in [4.78, 5) is 4.56. The van der Waals surface area contributed by atoms with Crippen LogP contribution in [0.1, 0.15) is 25.7 Å². The standard InChI is InChI=1S/C16H19N3O2S/c20-22(21,19-13-9-11-6-7-12(10-13)18-11)16-5-1-4-15-14(16)3-2-8-17-15/h1-5,8,11-13,18-19H,6-7,9-10H2. The molecule has 2 fully saturated rings. The molecule has 2 aromatic rings. The number of nitrogens with one attached hydrogen (secondary N) is 2. The average molecular weight is 317 g/mol. The topological polar surface area (TPSA) is 71.1 Å². The summed E-state index contributed by atoms with van der Waals surface area (Å²) < 4.78 is 28.5. The molecule has 2 aliphatic rings. The highest BCUT2D eigenvalue weighted by Crippen LogP contribution is 2.28. The fourth-order valence-corrected chi connectivity index (χ4v) is 5.22. The molecule has 3 heterocycles. The Labute approximate surface area is 130 Å². The Morgan fingerprint density at radius 1 is 1.09 bits per heavy atom. The van der Waals surface area contributed by atoms with Crippen molar-refractivity contribution < 1.29 is 8.42 Å². The average Bonchev–Trinajstić information content (AvgIpc) is 2.85. The van der Waals surface area contributed by atoms with Gasteiger partial charge in [0.15, 0.2) is 0 Å². The van der Waals surface area contributed by atoms with Gasteiger partial charge in [-0.3, -0.25) is 4.98 Å². The smallest absolute Gasteiger partial charge is 0.241 e. The number of hydrogen-bond donors (Lipinski definition) is 2. The number of benzene rings is 1. The van der Waals surface area contributed by atoms with Crippen LogP contribution in [0.3, 0.4) is 0 Å². The summed E-state index contributed by atoms with van der Waals surface area (Å²) in [6.45, 7) is 0. The molecule has 0 spiro atoms. The van der Waals surface area contributed by atoms with Crippen LogP contribution in [-0.4, -0.2) is 31.5 Å². The molecule has 5 nitrogen and oxygen atoms in total. The maximum atomic E-state index is 12.8. The fourth-order valence-electron chi connectivity index (χ4n) is 3.75. The minimum absolute atomic E-state index is 0.0238. The highest BCUT2D eigenvalue weighted by Gasteiger charge is 2.35. The summed E-state index contributed by atoms with van der Waals surface area (Å²) in [5.41, 5.74) is 0.704. The molecule has 0 aliphatic carbocycles. The van der Waals surface area contributed by atoms with Crippen molar-refractivity contribution in [2.75, 3.05) is 0 Å². The van der Waals surface area contributed by atoms with E-state index in [9.17, 15) is 8.42 Å². The number of fused-ring (bicyclic) bond motifs is 3. The third-order valence-electron chi connectivity index (χ3n) is 4.69. The van der Waals surface area contributed by atoms with E-state index in [4.69, 9.17) is 0 Å². The first-order chi connectivity index (χ1) is 10.6. The van der Waals surface area contributed by atoms with Crippen molar-refractivity contribution in [3.63, 3.8) is 0 Å². The predicted molar refractivity (Wildman–Crippen MR) is 85.0 cm³/mol. The van der Waals surface area contributed by atoms with Gasteiger partial charge in [0.1, 0.15) is 0 Å². The van der Waals surface area contributed by atoms with Gasteiger partial charge in [0.25, 0.3) is 0 Å². The summed E-state index contributed by atoms with van der Waals surface area (Å²) in [6.07, 6.45) is 5.73. The zero-order valence-corrected chi connectivity index (χ0v) is 13.0. The molecular formula is C16H19N3O2S. The van der Waals surface area contributed by atoms with Crippen LogP contribution in [0.4, 0.5) is 0 Å². The first-order valence-electron chi connectivity index (χ1n) is 7.74. The van der Waals surface area contributed by atoms with Gasteiger partial charge in [0.05, 0.1) is 10.4 Å². The minimum Gasteiger partial charge on any atom is -0.311 e.